The number of halogens is 2. The molecule has 0 radical (unpaired) electrons. The van der Waals surface area contributed by atoms with E-state index in [1.807, 2.05) is 19.9 Å². The largest absolute Gasteiger partial charge is 0.298 e. The fourth-order valence-electron chi connectivity index (χ4n) is 1.64. The van der Waals surface area contributed by atoms with Crippen molar-refractivity contribution in [2.75, 3.05) is 0 Å². The normalized spacial score (nSPS) is 14.1. The van der Waals surface area contributed by atoms with Gasteiger partial charge in [0, 0.05) is 12.0 Å². The summed E-state index contributed by atoms with van der Waals surface area (Å²) in [6.45, 7) is 5.44. The molecule has 0 spiro atoms. The first kappa shape index (κ1) is 14.3. The van der Waals surface area contributed by atoms with E-state index in [9.17, 15) is 13.6 Å². The zero-order valence-corrected chi connectivity index (χ0v) is 10.6. The number of nitriles is 1. The lowest BCUT2D eigenvalue weighted by Crippen LogP contribution is -2.23. The molecule has 0 amide bonds. The maximum atomic E-state index is 13.1. The molecule has 18 heavy (non-hydrogen) atoms. The molecular weight excluding hydrogens is 236 g/mol. The van der Waals surface area contributed by atoms with Crippen LogP contribution in [0.25, 0.3) is 0 Å². The fourth-order valence-corrected chi connectivity index (χ4v) is 1.64. The first-order valence-electron chi connectivity index (χ1n) is 5.76. The van der Waals surface area contributed by atoms with Gasteiger partial charge in [-0.1, -0.05) is 20.8 Å². The molecule has 0 aliphatic carbocycles. The number of hydrogen-bond acceptors (Lipinski definition) is 2. The first-order valence-corrected chi connectivity index (χ1v) is 5.76. The quantitative estimate of drug-likeness (QED) is 0.822. The molecule has 0 N–H and O–H groups in total. The second kappa shape index (κ2) is 5.72. The molecule has 0 aliphatic heterocycles. The van der Waals surface area contributed by atoms with Crippen LogP contribution in [0.1, 0.15) is 32.3 Å². The SMILES string of the molecule is CC(C)C(C)C(=O)C(C#N)c1cc(F)cc(F)c1. The summed E-state index contributed by atoms with van der Waals surface area (Å²) in [5.41, 5.74) is 0.0764. The summed E-state index contributed by atoms with van der Waals surface area (Å²) in [7, 11) is 0. The van der Waals surface area contributed by atoms with Gasteiger partial charge in [0.25, 0.3) is 0 Å². The number of carbonyl (C=O) groups is 1. The van der Waals surface area contributed by atoms with Crippen molar-refractivity contribution in [3.63, 3.8) is 0 Å². The van der Waals surface area contributed by atoms with Crippen LogP contribution in [0.5, 0.6) is 0 Å². The van der Waals surface area contributed by atoms with E-state index in [2.05, 4.69) is 0 Å². The molecule has 0 aliphatic rings. The van der Waals surface area contributed by atoms with Crippen molar-refractivity contribution in [3.05, 3.63) is 35.4 Å². The zero-order valence-electron chi connectivity index (χ0n) is 10.6. The molecule has 0 fully saturated rings. The Kier molecular flexibility index (Phi) is 4.55. The second-order valence-corrected chi connectivity index (χ2v) is 4.70. The average molecular weight is 251 g/mol. The van der Waals surface area contributed by atoms with E-state index >= 15 is 0 Å². The van der Waals surface area contributed by atoms with E-state index in [-0.39, 0.29) is 23.2 Å². The van der Waals surface area contributed by atoms with Gasteiger partial charge in [-0.25, -0.2) is 8.78 Å². The predicted octanol–water partition coefficient (Wildman–Crippen LogP) is 3.43. The Bertz CT molecular complexity index is 471. The number of hydrogen-bond donors (Lipinski definition) is 0. The molecule has 2 nitrogen and oxygen atoms in total. The maximum Gasteiger partial charge on any atom is 0.157 e. The van der Waals surface area contributed by atoms with Crippen LogP contribution >= 0.6 is 0 Å². The van der Waals surface area contributed by atoms with Crippen LogP contribution < -0.4 is 0 Å². The van der Waals surface area contributed by atoms with Crippen molar-refractivity contribution in [1.82, 2.24) is 0 Å². The highest BCUT2D eigenvalue weighted by Gasteiger charge is 2.27. The van der Waals surface area contributed by atoms with E-state index in [4.69, 9.17) is 5.26 Å². The molecule has 0 saturated heterocycles. The topological polar surface area (TPSA) is 40.9 Å². The Balaban J connectivity index is 3.11. The van der Waals surface area contributed by atoms with Crippen LogP contribution in [0, 0.1) is 34.8 Å². The number of rotatable bonds is 4. The fraction of sp³-hybridized carbons (Fsp3) is 0.429. The highest BCUT2D eigenvalue weighted by molar-refractivity contribution is 5.90. The Morgan fingerprint density at radius 3 is 2.06 bits per heavy atom. The van der Waals surface area contributed by atoms with Gasteiger partial charge in [0.2, 0.25) is 0 Å². The maximum absolute atomic E-state index is 13.1. The summed E-state index contributed by atoms with van der Waals surface area (Å²) in [4.78, 5) is 12.1. The van der Waals surface area contributed by atoms with Gasteiger partial charge >= 0.3 is 0 Å². The van der Waals surface area contributed by atoms with Gasteiger partial charge in [-0.2, -0.15) is 5.26 Å². The van der Waals surface area contributed by atoms with Gasteiger partial charge in [0.05, 0.1) is 6.07 Å². The van der Waals surface area contributed by atoms with Gasteiger partial charge in [-0.15, -0.1) is 0 Å². The monoisotopic (exact) mass is 251 g/mol. The Hall–Kier alpha value is -1.76. The third kappa shape index (κ3) is 3.13. The number of carbonyl (C=O) groups excluding carboxylic acids is 1. The van der Waals surface area contributed by atoms with Crippen molar-refractivity contribution in [1.29, 1.82) is 5.26 Å². The summed E-state index contributed by atoms with van der Waals surface area (Å²) < 4.78 is 26.2. The minimum absolute atomic E-state index is 0.0757. The highest BCUT2D eigenvalue weighted by atomic mass is 19.1. The van der Waals surface area contributed by atoms with E-state index < -0.39 is 17.6 Å². The molecule has 1 aromatic carbocycles. The number of ketones is 1. The summed E-state index contributed by atoms with van der Waals surface area (Å²) in [6, 6.07) is 4.60. The van der Waals surface area contributed by atoms with E-state index in [0.29, 0.717) is 6.07 Å². The van der Waals surface area contributed by atoms with Crippen LogP contribution in [0.2, 0.25) is 0 Å². The summed E-state index contributed by atoms with van der Waals surface area (Å²) >= 11 is 0. The van der Waals surface area contributed by atoms with Gasteiger partial charge in [0.1, 0.15) is 17.6 Å². The van der Waals surface area contributed by atoms with Gasteiger partial charge in [-0.05, 0) is 23.6 Å². The van der Waals surface area contributed by atoms with Crippen molar-refractivity contribution < 1.29 is 13.6 Å². The highest BCUT2D eigenvalue weighted by Crippen LogP contribution is 2.25. The van der Waals surface area contributed by atoms with Gasteiger partial charge in [0.15, 0.2) is 5.78 Å². The lowest BCUT2D eigenvalue weighted by atomic mass is 9.84. The van der Waals surface area contributed by atoms with Crippen molar-refractivity contribution in [3.8, 4) is 6.07 Å². The predicted molar refractivity (Wildman–Crippen MR) is 63.7 cm³/mol. The van der Waals surface area contributed by atoms with Crippen molar-refractivity contribution >= 4 is 5.78 Å². The summed E-state index contributed by atoms with van der Waals surface area (Å²) in [5.74, 6) is -3.25. The minimum Gasteiger partial charge on any atom is -0.298 e. The lowest BCUT2D eigenvalue weighted by molar-refractivity contribution is -0.123. The van der Waals surface area contributed by atoms with Gasteiger partial charge in [-0.3, -0.25) is 4.79 Å². The molecule has 96 valence electrons. The first-order chi connectivity index (χ1) is 8.36. The lowest BCUT2D eigenvalue weighted by Gasteiger charge is -2.17. The van der Waals surface area contributed by atoms with E-state index in [1.54, 1.807) is 6.92 Å². The molecule has 0 aromatic heterocycles. The van der Waals surface area contributed by atoms with Gasteiger partial charge < -0.3 is 0 Å². The third-order valence-electron chi connectivity index (χ3n) is 3.08. The van der Waals surface area contributed by atoms with Crippen LogP contribution in [-0.4, -0.2) is 5.78 Å². The van der Waals surface area contributed by atoms with E-state index in [0.717, 1.165) is 12.1 Å². The Morgan fingerprint density at radius 1 is 1.17 bits per heavy atom. The number of nitrogens with zero attached hydrogens (tertiary/aromatic N) is 1. The van der Waals surface area contributed by atoms with Crippen LogP contribution in [0.15, 0.2) is 18.2 Å². The molecule has 0 bridgehead atoms. The molecule has 0 saturated carbocycles. The second-order valence-electron chi connectivity index (χ2n) is 4.70. The number of benzene rings is 1. The van der Waals surface area contributed by atoms with Crippen LogP contribution in [-0.2, 0) is 4.79 Å². The summed E-state index contributed by atoms with van der Waals surface area (Å²) in [5, 5.41) is 9.05. The van der Waals surface area contributed by atoms with Crippen molar-refractivity contribution in [2.45, 2.75) is 26.7 Å². The number of Topliss-reactive ketones (excluding diaryl/α,β-unsaturated/α-hetero) is 1. The average Bonchev–Trinajstić information content (AvgIpc) is 2.27. The smallest absolute Gasteiger partial charge is 0.157 e. The zero-order chi connectivity index (χ0) is 13.9. The summed E-state index contributed by atoms with van der Waals surface area (Å²) in [6.07, 6.45) is 0. The Morgan fingerprint density at radius 2 is 1.67 bits per heavy atom. The molecular formula is C14H15F2NO. The molecule has 2 unspecified atom stereocenters. The standard InChI is InChI=1S/C14H15F2NO/c1-8(2)9(3)14(18)13(7-17)10-4-11(15)6-12(16)5-10/h4-6,8-9,13H,1-3H3. The van der Waals surface area contributed by atoms with E-state index in [1.165, 1.54) is 0 Å². The molecule has 4 heteroatoms. The third-order valence-corrected chi connectivity index (χ3v) is 3.08. The minimum atomic E-state index is -1.12. The van der Waals surface area contributed by atoms with Crippen LogP contribution in [0.3, 0.4) is 0 Å². The molecule has 1 rings (SSSR count). The Labute approximate surface area is 105 Å². The van der Waals surface area contributed by atoms with Crippen molar-refractivity contribution in [2.24, 2.45) is 11.8 Å². The van der Waals surface area contributed by atoms with Crippen LogP contribution in [0.4, 0.5) is 8.78 Å². The molecule has 0 heterocycles. The molecule has 2 atom stereocenters. The molecule has 1 aromatic rings.